The average molecular weight is 547 g/mol. The van der Waals surface area contributed by atoms with Gasteiger partial charge in [0.2, 0.25) is 5.95 Å². The van der Waals surface area contributed by atoms with Crippen LogP contribution in [0.3, 0.4) is 0 Å². The predicted octanol–water partition coefficient (Wildman–Crippen LogP) is 3.82. The molecular formula is C30H42N8O2. The van der Waals surface area contributed by atoms with Crippen molar-refractivity contribution in [3.63, 3.8) is 0 Å². The number of nitrogens with zero attached hydrogens (tertiary/aromatic N) is 8. The van der Waals surface area contributed by atoms with Gasteiger partial charge in [0.25, 0.3) is 0 Å². The Morgan fingerprint density at radius 1 is 0.925 bits per heavy atom. The summed E-state index contributed by atoms with van der Waals surface area (Å²) in [6.07, 6.45) is 1.97. The number of aryl methyl sites for hydroxylation is 1. The Kier molecular flexibility index (Phi) is 6.83. The first-order valence-electron chi connectivity index (χ1n) is 14.5. The fourth-order valence-electron chi connectivity index (χ4n) is 6.05. The van der Waals surface area contributed by atoms with Crippen molar-refractivity contribution in [3.05, 3.63) is 35.9 Å². The van der Waals surface area contributed by atoms with E-state index in [1.54, 1.807) is 0 Å². The van der Waals surface area contributed by atoms with E-state index in [9.17, 15) is 5.11 Å². The van der Waals surface area contributed by atoms with E-state index in [0.29, 0.717) is 25.1 Å². The van der Waals surface area contributed by atoms with Gasteiger partial charge in [-0.15, -0.1) is 0 Å². The first-order chi connectivity index (χ1) is 19.0. The summed E-state index contributed by atoms with van der Waals surface area (Å²) in [6, 6.07) is 8.20. The van der Waals surface area contributed by atoms with Crippen molar-refractivity contribution >= 4 is 28.0 Å². The molecule has 2 saturated heterocycles. The van der Waals surface area contributed by atoms with Gasteiger partial charge in [0.15, 0.2) is 17.0 Å². The molecule has 2 aliphatic rings. The number of aliphatic hydroxyl groups is 1. The third-order valence-electron chi connectivity index (χ3n) is 8.48. The molecule has 0 unspecified atom stereocenters. The SMILES string of the molecule is Cn1c(CN2CCC(C(C)(C)O)CC2)nc2c(N3CCOCC3)nc(-n3c(C(C)(C)C)nc4ccccc43)nc21. The van der Waals surface area contributed by atoms with Gasteiger partial charge < -0.3 is 19.3 Å². The van der Waals surface area contributed by atoms with Crippen molar-refractivity contribution < 1.29 is 9.84 Å². The standard InChI is InChI=1S/C30H42N8O2/c1-29(2,3)27-31-21-9-7-8-10-22(21)38(27)28-33-25-24(26(34-28)37-15-17-40-18-16-37)32-23(35(25)6)19-36-13-11-20(12-14-36)30(4,5)39/h7-10,20,39H,11-19H2,1-6H3. The summed E-state index contributed by atoms with van der Waals surface area (Å²) in [7, 11) is 2.06. The van der Waals surface area contributed by atoms with Gasteiger partial charge in [-0.3, -0.25) is 9.47 Å². The molecule has 10 heteroatoms. The van der Waals surface area contributed by atoms with E-state index in [1.165, 1.54) is 0 Å². The number of morpholine rings is 1. The number of imidazole rings is 2. The summed E-state index contributed by atoms with van der Waals surface area (Å²) in [6.45, 7) is 15.9. The molecular weight excluding hydrogens is 504 g/mol. The van der Waals surface area contributed by atoms with Crippen LogP contribution in [0.4, 0.5) is 5.82 Å². The topological polar surface area (TPSA) is 97.4 Å². The maximum atomic E-state index is 10.5. The molecule has 2 fully saturated rings. The highest BCUT2D eigenvalue weighted by molar-refractivity contribution is 5.86. The van der Waals surface area contributed by atoms with Crippen LogP contribution >= 0.6 is 0 Å². The second kappa shape index (κ2) is 10.1. The lowest BCUT2D eigenvalue weighted by Crippen LogP contribution is -2.41. The zero-order valence-electron chi connectivity index (χ0n) is 24.7. The molecule has 0 bridgehead atoms. The summed E-state index contributed by atoms with van der Waals surface area (Å²) in [4.78, 5) is 25.2. The summed E-state index contributed by atoms with van der Waals surface area (Å²) in [5.41, 5.74) is 2.75. The minimum absolute atomic E-state index is 0.205. The predicted molar refractivity (Wildman–Crippen MR) is 157 cm³/mol. The number of aromatic nitrogens is 6. The highest BCUT2D eigenvalue weighted by atomic mass is 16.5. The molecule has 10 nitrogen and oxygen atoms in total. The lowest BCUT2D eigenvalue weighted by molar-refractivity contribution is -0.0139. The largest absolute Gasteiger partial charge is 0.390 e. The zero-order valence-corrected chi connectivity index (χ0v) is 24.7. The van der Waals surface area contributed by atoms with Crippen LogP contribution in [-0.2, 0) is 23.7 Å². The molecule has 3 aromatic heterocycles. The van der Waals surface area contributed by atoms with E-state index in [4.69, 9.17) is 24.7 Å². The van der Waals surface area contributed by atoms with Crippen molar-refractivity contribution in [1.29, 1.82) is 0 Å². The van der Waals surface area contributed by atoms with Crippen LogP contribution < -0.4 is 4.90 Å². The fourth-order valence-corrected chi connectivity index (χ4v) is 6.05. The highest BCUT2D eigenvalue weighted by Gasteiger charge is 2.32. The molecule has 6 rings (SSSR count). The molecule has 0 atom stereocenters. The first-order valence-corrected chi connectivity index (χ1v) is 14.5. The highest BCUT2D eigenvalue weighted by Crippen LogP contribution is 2.33. The summed E-state index contributed by atoms with van der Waals surface area (Å²) in [5, 5.41) is 10.5. The average Bonchev–Trinajstić information content (AvgIpc) is 3.47. The minimum Gasteiger partial charge on any atom is -0.390 e. The number of benzene rings is 1. The smallest absolute Gasteiger partial charge is 0.239 e. The maximum Gasteiger partial charge on any atom is 0.239 e. The number of ether oxygens (including phenoxy) is 1. The molecule has 0 radical (unpaired) electrons. The lowest BCUT2D eigenvalue weighted by Gasteiger charge is -2.37. The third-order valence-corrected chi connectivity index (χ3v) is 8.48. The van der Waals surface area contributed by atoms with Gasteiger partial charge in [0.05, 0.1) is 36.4 Å². The molecule has 4 aromatic rings. The monoisotopic (exact) mass is 546 g/mol. The van der Waals surface area contributed by atoms with Crippen LogP contribution in [0.2, 0.25) is 0 Å². The second-order valence-corrected chi connectivity index (χ2v) is 12.9. The van der Waals surface area contributed by atoms with Crippen molar-refractivity contribution in [1.82, 2.24) is 34.0 Å². The van der Waals surface area contributed by atoms with Crippen LogP contribution in [0.15, 0.2) is 24.3 Å². The Bertz CT molecular complexity index is 1510. The van der Waals surface area contributed by atoms with E-state index in [2.05, 4.69) is 52.8 Å². The van der Waals surface area contributed by atoms with E-state index in [1.807, 2.05) is 32.0 Å². The van der Waals surface area contributed by atoms with Gasteiger partial charge in [0, 0.05) is 25.6 Å². The molecule has 2 aliphatic heterocycles. The lowest BCUT2D eigenvalue weighted by atomic mass is 9.83. The van der Waals surface area contributed by atoms with Gasteiger partial charge in [-0.2, -0.15) is 9.97 Å². The summed E-state index contributed by atoms with van der Waals surface area (Å²) >= 11 is 0. The van der Waals surface area contributed by atoms with Gasteiger partial charge in [-0.05, 0) is 57.8 Å². The van der Waals surface area contributed by atoms with Gasteiger partial charge >= 0.3 is 0 Å². The van der Waals surface area contributed by atoms with Crippen LogP contribution in [-0.4, -0.2) is 84.1 Å². The summed E-state index contributed by atoms with van der Waals surface area (Å²) in [5.74, 6) is 3.70. The van der Waals surface area contributed by atoms with Crippen molar-refractivity contribution in [2.75, 3.05) is 44.3 Å². The molecule has 0 amide bonds. The molecule has 214 valence electrons. The van der Waals surface area contributed by atoms with E-state index >= 15 is 0 Å². The number of anilines is 1. The fraction of sp³-hybridized carbons (Fsp3) is 0.600. The molecule has 0 saturated carbocycles. The van der Waals surface area contributed by atoms with Crippen LogP contribution in [0.5, 0.6) is 0 Å². The molecule has 0 spiro atoms. The number of fused-ring (bicyclic) bond motifs is 2. The van der Waals surface area contributed by atoms with Crippen molar-refractivity contribution in [3.8, 4) is 5.95 Å². The second-order valence-electron chi connectivity index (χ2n) is 12.9. The molecule has 1 N–H and O–H groups in total. The Balaban J connectivity index is 1.45. The number of rotatable bonds is 5. The normalized spacial score (nSPS) is 18.3. The third kappa shape index (κ3) is 4.97. The maximum absolute atomic E-state index is 10.5. The molecule has 0 aliphatic carbocycles. The van der Waals surface area contributed by atoms with Gasteiger partial charge in [0.1, 0.15) is 11.6 Å². The zero-order chi connectivity index (χ0) is 28.2. The Labute approximate surface area is 236 Å². The Morgan fingerprint density at radius 2 is 1.62 bits per heavy atom. The Hall–Kier alpha value is -3.08. The molecule has 40 heavy (non-hydrogen) atoms. The van der Waals surface area contributed by atoms with Crippen LogP contribution in [0.25, 0.3) is 28.1 Å². The molecule has 1 aromatic carbocycles. The number of piperidine rings is 1. The van der Waals surface area contributed by atoms with Crippen molar-refractivity contribution in [2.24, 2.45) is 13.0 Å². The Morgan fingerprint density at radius 3 is 2.30 bits per heavy atom. The van der Waals surface area contributed by atoms with E-state index < -0.39 is 5.60 Å². The van der Waals surface area contributed by atoms with Crippen LogP contribution in [0.1, 0.15) is 59.1 Å². The van der Waals surface area contributed by atoms with Gasteiger partial charge in [-0.25, -0.2) is 9.97 Å². The summed E-state index contributed by atoms with van der Waals surface area (Å²) < 4.78 is 9.91. The van der Waals surface area contributed by atoms with Crippen molar-refractivity contribution in [2.45, 2.75) is 65.0 Å². The number of likely N-dealkylation sites (tertiary alicyclic amines) is 1. The minimum atomic E-state index is -0.632. The number of hydrogen-bond donors (Lipinski definition) is 1. The number of para-hydroxylation sites is 2. The first kappa shape index (κ1) is 27.1. The van der Waals surface area contributed by atoms with E-state index in [0.717, 1.165) is 85.2 Å². The quantitative estimate of drug-likeness (QED) is 0.404. The van der Waals surface area contributed by atoms with Gasteiger partial charge in [-0.1, -0.05) is 32.9 Å². The number of hydrogen-bond acceptors (Lipinski definition) is 8. The van der Waals surface area contributed by atoms with Crippen LogP contribution in [0, 0.1) is 5.92 Å². The van der Waals surface area contributed by atoms with E-state index in [-0.39, 0.29) is 5.41 Å². The molecule has 5 heterocycles.